The summed E-state index contributed by atoms with van der Waals surface area (Å²) in [5.41, 5.74) is 0.823. The molecule has 4 fully saturated rings. The zero-order valence-corrected chi connectivity index (χ0v) is 14.8. The Labute approximate surface area is 152 Å². The molecule has 1 heterocycles. The van der Waals surface area contributed by atoms with E-state index in [2.05, 4.69) is 4.99 Å². The van der Waals surface area contributed by atoms with Crippen molar-refractivity contribution in [1.82, 2.24) is 4.48 Å². The first kappa shape index (κ1) is 15.6. The smallest absolute Gasteiger partial charge is 0.241 e. The molecule has 0 saturated heterocycles. The van der Waals surface area contributed by atoms with Crippen LogP contribution in [-0.4, -0.2) is 17.8 Å². The van der Waals surface area contributed by atoms with Crippen LogP contribution in [0.3, 0.4) is 0 Å². The van der Waals surface area contributed by atoms with Crippen LogP contribution in [0.4, 0.5) is 5.69 Å². The fourth-order valence-corrected chi connectivity index (χ4v) is 6.94. The van der Waals surface area contributed by atoms with Gasteiger partial charge in [0, 0.05) is 31.4 Å². The van der Waals surface area contributed by atoms with Crippen LogP contribution < -0.4 is 9.59 Å². The summed E-state index contributed by atoms with van der Waals surface area (Å²) in [7, 11) is 0. The third-order valence-corrected chi connectivity index (χ3v) is 7.42. The van der Waals surface area contributed by atoms with Crippen molar-refractivity contribution in [2.75, 3.05) is 0 Å². The van der Waals surface area contributed by atoms with Crippen LogP contribution in [0, 0.1) is 17.8 Å². The molecule has 1 aromatic carbocycles. The number of nitrogens with zero attached hydrogens (tertiary/aromatic N) is 2. The summed E-state index contributed by atoms with van der Waals surface area (Å²) in [6, 6.07) is 10.1. The van der Waals surface area contributed by atoms with Crippen molar-refractivity contribution in [3.05, 3.63) is 41.2 Å². The van der Waals surface area contributed by atoms with E-state index in [-0.39, 0.29) is 15.7 Å². The summed E-state index contributed by atoms with van der Waals surface area (Å²) in [5, 5.41) is 11.9. The molecule has 4 saturated carbocycles. The van der Waals surface area contributed by atoms with Gasteiger partial charge in [0.05, 0.1) is 5.97 Å². The average Bonchev–Trinajstić information content (AvgIpc) is 2.93. The summed E-state index contributed by atoms with van der Waals surface area (Å²) in [4.78, 5) is 15.8. The molecule has 1 aliphatic heterocycles. The van der Waals surface area contributed by atoms with Gasteiger partial charge in [-0.1, -0.05) is 18.2 Å². The summed E-state index contributed by atoms with van der Waals surface area (Å²) in [6.07, 6.45) is 9.01. The Bertz CT molecular complexity index is 766. The first-order valence-corrected chi connectivity index (χ1v) is 9.53. The quantitative estimate of drug-likeness (QED) is 0.617. The third kappa shape index (κ3) is 1.98. The molecule has 1 atom stereocenters. The number of hydrogen-bond acceptors (Lipinski definition) is 3. The zero-order chi connectivity index (χ0) is 17.2. The maximum Gasteiger partial charge on any atom is 0.241 e. The van der Waals surface area contributed by atoms with E-state index in [0.29, 0.717) is 5.16 Å². The molecule has 4 bridgehead atoms. The summed E-state index contributed by atoms with van der Waals surface area (Å²) in [6.45, 7) is 0. The normalized spacial score (nSPS) is 41.6. The summed E-state index contributed by atoms with van der Waals surface area (Å²) in [5.74, 6) is 0.904. The minimum atomic E-state index is -1.29. The van der Waals surface area contributed by atoms with Crippen molar-refractivity contribution >= 4 is 29.6 Å². The van der Waals surface area contributed by atoms with Crippen molar-refractivity contribution in [3.8, 4) is 0 Å². The highest BCUT2D eigenvalue weighted by Gasteiger charge is 2.65. The molecule has 0 radical (unpaired) electrons. The molecular formula is C20H21ClN2O2. The number of hydrogen-bond donors (Lipinski definition) is 0. The van der Waals surface area contributed by atoms with Gasteiger partial charge in [0.1, 0.15) is 11.2 Å². The number of aliphatic imine (C=N–C) groups is 1. The fraction of sp³-hybridized carbons (Fsp3) is 0.500. The standard InChI is InChI=1S/C20H21ClN2O2/c21-18-17(19(24)25)22-12-23(18,16-4-2-1-3-5-16)20-9-13-6-14(10-20)8-15(7-13)11-20/h1-5,12-15H,6-11H2. The van der Waals surface area contributed by atoms with Crippen molar-refractivity contribution in [2.45, 2.75) is 44.1 Å². The van der Waals surface area contributed by atoms with Gasteiger partial charge < -0.3 is 9.90 Å². The van der Waals surface area contributed by atoms with Gasteiger partial charge in [0.15, 0.2) is 5.70 Å². The summed E-state index contributed by atoms with van der Waals surface area (Å²) >= 11 is 6.77. The Morgan fingerprint density at radius 1 is 1.08 bits per heavy atom. The van der Waals surface area contributed by atoms with Crippen molar-refractivity contribution in [2.24, 2.45) is 22.7 Å². The molecule has 0 N–H and O–H groups in total. The number of quaternary nitrogens is 1. The van der Waals surface area contributed by atoms with Gasteiger partial charge in [-0.25, -0.2) is 0 Å². The Morgan fingerprint density at radius 3 is 2.12 bits per heavy atom. The second-order valence-corrected chi connectivity index (χ2v) is 8.73. The molecule has 1 unspecified atom stereocenters. The molecular weight excluding hydrogens is 336 g/mol. The number of para-hydroxylation sites is 1. The van der Waals surface area contributed by atoms with Gasteiger partial charge in [-0.2, -0.15) is 9.48 Å². The number of aliphatic carboxylic acids is 1. The van der Waals surface area contributed by atoms with E-state index in [1.165, 1.54) is 19.3 Å². The van der Waals surface area contributed by atoms with E-state index in [9.17, 15) is 9.90 Å². The van der Waals surface area contributed by atoms with Crippen LogP contribution >= 0.6 is 11.6 Å². The number of carboxylic acid groups (broad SMARTS) is 1. The summed E-state index contributed by atoms with van der Waals surface area (Å²) < 4.78 is 0.266. The third-order valence-electron chi connectivity index (χ3n) is 6.98. The van der Waals surface area contributed by atoms with Gasteiger partial charge in [0.25, 0.3) is 0 Å². The van der Waals surface area contributed by atoms with Crippen LogP contribution in [0.5, 0.6) is 0 Å². The van der Waals surface area contributed by atoms with E-state index >= 15 is 0 Å². The number of carbonyl (C=O) groups is 1. The fourth-order valence-electron chi connectivity index (χ4n) is 6.50. The topological polar surface area (TPSA) is 52.5 Å². The molecule has 5 aliphatic rings. The lowest BCUT2D eigenvalue weighted by atomic mass is 9.52. The van der Waals surface area contributed by atoms with Crippen LogP contribution in [0.1, 0.15) is 38.5 Å². The Hall–Kier alpha value is -1.65. The number of rotatable bonds is 3. The van der Waals surface area contributed by atoms with Gasteiger partial charge in [0.2, 0.25) is 11.5 Å². The zero-order valence-electron chi connectivity index (χ0n) is 14.0. The molecule has 4 nitrogen and oxygen atoms in total. The SMILES string of the molecule is O=C([O-])C1=C(Cl)[N+](c2ccccc2)(C23CC4CC(CC(C4)C2)C3)C=N1. The lowest BCUT2D eigenvalue weighted by molar-refractivity contribution is -0.299. The van der Waals surface area contributed by atoms with Crippen LogP contribution in [0.25, 0.3) is 0 Å². The second-order valence-electron chi connectivity index (χ2n) is 8.37. The van der Waals surface area contributed by atoms with E-state index in [0.717, 1.165) is 42.7 Å². The maximum absolute atomic E-state index is 11.6. The molecule has 0 spiro atoms. The number of carboxylic acids is 1. The molecule has 0 aromatic heterocycles. The Balaban J connectivity index is 1.73. The van der Waals surface area contributed by atoms with Gasteiger partial charge >= 0.3 is 0 Å². The van der Waals surface area contributed by atoms with E-state index in [1.807, 2.05) is 30.3 Å². The van der Waals surface area contributed by atoms with Crippen molar-refractivity contribution in [1.29, 1.82) is 0 Å². The minimum Gasteiger partial charge on any atom is -0.543 e. The molecule has 25 heavy (non-hydrogen) atoms. The number of carbonyl (C=O) groups excluding carboxylic acids is 1. The van der Waals surface area contributed by atoms with Crippen molar-refractivity contribution < 1.29 is 9.90 Å². The molecule has 0 amide bonds. The Kier molecular flexibility index (Phi) is 3.23. The minimum absolute atomic E-state index is 0.0755. The van der Waals surface area contributed by atoms with Crippen molar-refractivity contribution in [3.63, 3.8) is 0 Å². The van der Waals surface area contributed by atoms with E-state index in [1.54, 1.807) is 6.34 Å². The molecule has 6 rings (SSSR count). The highest BCUT2D eigenvalue weighted by molar-refractivity contribution is 6.34. The highest BCUT2D eigenvalue weighted by Crippen LogP contribution is 2.62. The number of benzene rings is 1. The van der Waals surface area contributed by atoms with Gasteiger partial charge in [-0.3, -0.25) is 0 Å². The molecule has 130 valence electrons. The van der Waals surface area contributed by atoms with Crippen LogP contribution in [0.15, 0.2) is 46.2 Å². The first-order valence-electron chi connectivity index (χ1n) is 9.15. The molecule has 4 aliphatic carbocycles. The maximum atomic E-state index is 11.6. The van der Waals surface area contributed by atoms with Crippen LogP contribution in [-0.2, 0) is 4.79 Å². The largest absolute Gasteiger partial charge is 0.543 e. The van der Waals surface area contributed by atoms with E-state index < -0.39 is 5.97 Å². The second kappa shape index (κ2) is 5.18. The van der Waals surface area contributed by atoms with Gasteiger partial charge in [-0.15, -0.1) is 0 Å². The number of halogens is 1. The average molecular weight is 357 g/mol. The first-order chi connectivity index (χ1) is 12.0. The highest BCUT2D eigenvalue weighted by atomic mass is 35.5. The van der Waals surface area contributed by atoms with Gasteiger partial charge in [-0.05, 0) is 48.6 Å². The molecule has 1 aromatic rings. The molecule has 5 heteroatoms. The lowest BCUT2D eigenvalue weighted by Crippen LogP contribution is -2.69. The van der Waals surface area contributed by atoms with E-state index in [4.69, 9.17) is 11.6 Å². The predicted octanol–water partition coefficient (Wildman–Crippen LogP) is 3.16. The lowest BCUT2D eigenvalue weighted by Gasteiger charge is -2.61. The monoisotopic (exact) mass is 356 g/mol. The van der Waals surface area contributed by atoms with Crippen LogP contribution in [0.2, 0.25) is 0 Å². The predicted molar refractivity (Wildman–Crippen MR) is 95.5 cm³/mol. The Morgan fingerprint density at radius 2 is 1.64 bits per heavy atom.